The standard InChI is InChI=1S/C8H7NO.C8H10O/c1-2-4-8-7(3-1)5-6-9-10-8;1-6-3-4-8(9)7(2)5-6/h1-6,9H;3-5,9H,1-2H3. The molecule has 2 aromatic carbocycles. The van der Waals surface area contributed by atoms with E-state index in [9.17, 15) is 0 Å². The molecule has 1 aliphatic heterocycles. The lowest BCUT2D eigenvalue weighted by Gasteiger charge is -2.11. The summed E-state index contributed by atoms with van der Waals surface area (Å²) in [5.41, 5.74) is 5.90. The van der Waals surface area contributed by atoms with E-state index in [1.165, 1.54) is 5.56 Å². The second-order valence-electron chi connectivity index (χ2n) is 4.38. The van der Waals surface area contributed by atoms with Gasteiger partial charge in [-0.3, -0.25) is 0 Å². The average molecular weight is 255 g/mol. The summed E-state index contributed by atoms with van der Waals surface area (Å²) < 4.78 is 0. The summed E-state index contributed by atoms with van der Waals surface area (Å²) >= 11 is 0. The Morgan fingerprint density at radius 3 is 2.53 bits per heavy atom. The van der Waals surface area contributed by atoms with Crippen LogP contribution >= 0.6 is 0 Å². The molecule has 0 radical (unpaired) electrons. The lowest BCUT2D eigenvalue weighted by Crippen LogP contribution is -2.13. The number of hydrogen-bond acceptors (Lipinski definition) is 3. The zero-order valence-electron chi connectivity index (χ0n) is 11.1. The van der Waals surface area contributed by atoms with E-state index >= 15 is 0 Å². The largest absolute Gasteiger partial charge is 0.508 e. The van der Waals surface area contributed by atoms with E-state index in [1.807, 2.05) is 56.3 Å². The van der Waals surface area contributed by atoms with Gasteiger partial charge in [0.05, 0.1) is 0 Å². The van der Waals surface area contributed by atoms with Crippen LogP contribution in [-0.4, -0.2) is 5.11 Å². The van der Waals surface area contributed by atoms with Gasteiger partial charge in [0.2, 0.25) is 0 Å². The summed E-state index contributed by atoms with van der Waals surface area (Å²) in [4.78, 5) is 5.09. The van der Waals surface area contributed by atoms with E-state index in [1.54, 1.807) is 12.3 Å². The molecule has 0 atom stereocenters. The van der Waals surface area contributed by atoms with E-state index in [0.717, 1.165) is 16.9 Å². The lowest BCUT2D eigenvalue weighted by atomic mass is 10.1. The van der Waals surface area contributed by atoms with Gasteiger partial charge in [0.15, 0.2) is 5.75 Å². The Morgan fingerprint density at radius 2 is 1.84 bits per heavy atom. The van der Waals surface area contributed by atoms with Crippen molar-refractivity contribution in [1.82, 2.24) is 5.48 Å². The van der Waals surface area contributed by atoms with Gasteiger partial charge in [-0.2, -0.15) is 0 Å². The quantitative estimate of drug-likeness (QED) is 0.756. The molecule has 1 heterocycles. The monoisotopic (exact) mass is 255 g/mol. The highest BCUT2D eigenvalue weighted by atomic mass is 16.6. The van der Waals surface area contributed by atoms with Crippen LogP contribution in [0.1, 0.15) is 16.7 Å². The molecule has 0 saturated carbocycles. The molecule has 2 aromatic rings. The molecule has 98 valence electrons. The van der Waals surface area contributed by atoms with Crippen LogP contribution in [0.15, 0.2) is 48.7 Å². The summed E-state index contributed by atoms with van der Waals surface area (Å²) in [6.07, 6.45) is 3.74. The molecule has 0 saturated heterocycles. The minimum Gasteiger partial charge on any atom is -0.508 e. The molecule has 19 heavy (non-hydrogen) atoms. The highest BCUT2D eigenvalue weighted by Crippen LogP contribution is 2.20. The predicted octanol–water partition coefficient (Wildman–Crippen LogP) is 3.56. The van der Waals surface area contributed by atoms with Crippen molar-refractivity contribution in [3.63, 3.8) is 0 Å². The van der Waals surface area contributed by atoms with E-state index in [-0.39, 0.29) is 0 Å². The normalized spacial score (nSPS) is 11.5. The number of phenols is 1. The third-order valence-corrected chi connectivity index (χ3v) is 2.77. The molecule has 0 aliphatic carbocycles. The zero-order chi connectivity index (χ0) is 13.7. The third-order valence-electron chi connectivity index (χ3n) is 2.77. The molecule has 1 aliphatic rings. The summed E-state index contributed by atoms with van der Waals surface area (Å²) in [6.45, 7) is 3.90. The van der Waals surface area contributed by atoms with Crippen LogP contribution in [0.3, 0.4) is 0 Å². The van der Waals surface area contributed by atoms with Crippen molar-refractivity contribution >= 4 is 6.08 Å². The molecular formula is C16H17NO2. The van der Waals surface area contributed by atoms with Crippen LogP contribution in [0, 0.1) is 13.8 Å². The van der Waals surface area contributed by atoms with Gasteiger partial charge in [-0.15, -0.1) is 0 Å². The highest BCUT2D eigenvalue weighted by Gasteiger charge is 2.01. The maximum absolute atomic E-state index is 9.04. The molecular weight excluding hydrogens is 238 g/mol. The second kappa shape index (κ2) is 5.96. The van der Waals surface area contributed by atoms with Gasteiger partial charge in [-0.1, -0.05) is 35.9 Å². The number of nitrogens with one attached hydrogen (secondary N) is 1. The van der Waals surface area contributed by atoms with Gasteiger partial charge in [-0.05, 0) is 37.6 Å². The first-order valence-electron chi connectivity index (χ1n) is 6.11. The Bertz CT molecular complexity index is 591. The third kappa shape index (κ3) is 3.52. The fourth-order valence-electron chi connectivity index (χ4n) is 1.74. The van der Waals surface area contributed by atoms with Gasteiger partial charge < -0.3 is 9.94 Å². The van der Waals surface area contributed by atoms with Crippen LogP contribution in [0.25, 0.3) is 6.08 Å². The first kappa shape index (κ1) is 13.0. The molecule has 3 rings (SSSR count). The Balaban J connectivity index is 0.000000141. The van der Waals surface area contributed by atoms with Crippen molar-refractivity contribution in [3.05, 3.63) is 65.4 Å². The second-order valence-corrected chi connectivity index (χ2v) is 4.38. The van der Waals surface area contributed by atoms with Gasteiger partial charge in [0.25, 0.3) is 0 Å². The van der Waals surface area contributed by atoms with Gasteiger partial charge in [0, 0.05) is 11.8 Å². The van der Waals surface area contributed by atoms with Crippen LogP contribution in [-0.2, 0) is 0 Å². The van der Waals surface area contributed by atoms with Gasteiger partial charge in [0.1, 0.15) is 5.75 Å². The van der Waals surface area contributed by atoms with Crippen LogP contribution in [0.2, 0.25) is 0 Å². The number of benzene rings is 2. The van der Waals surface area contributed by atoms with Crippen LogP contribution in [0.4, 0.5) is 0 Å². The molecule has 3 nitrogen and oxygen atoms in total. The summed E-state index contributed by atoms with van der Waals surface area (Å²) in [5.74, 6) is 1.26. The van der Waals surface area contributed by atoms with Crippen molar-refractivity contribution in [3.8, 4) is 11.5 Å². The predicted molar refractivity (Wildman–Crippen MR) is 76.8 cm³/mol. The van der Waals surface area contributed by atoms with Crippen molar-refractivity contribution in [2.45, 2.75) is 13.8 Å². The number of hydroxylamine groups is 1. The molecule has 0 spiro atoms. The van der Waals surface area contributed by atoms with Crippen LogP contribution in [0.5, 0.6) is 11.5 Å². The Morgan fingerprint density at radius 1 is 1.05 bits per heavy atom. The Kier molecular flexibility index (Phi) is 4.08. The first-order valence-corrected chi connectivity index (χ1v) is 6.11. The number of rotatable bonds is 0. The maximum atomic E-state index is 9.04. The Labute approximate surface area is 113 Å². The van der Waals surface area contributed by atoms with Gasteiger partial charge >= 0.3 is 0 Å². The number of hydrogen-bond donors (Lipinski definition) is 2. The molecule has 0 amide bonds. The van der Waals surface area contributed by atoms with E-state index in [0.29, 0.717) is 5.75 Å². The van der Waals surface area contributed by atoms with Crippen molar-refractivity contribution < 1.29 is 9.94 Å². The maximum Gasteiger partial charge on any atom is 0.162 e. The molecule has 0 unspecified atom stereocenters. The van der Waals surface area contributed by atoms with Crippen LogP contribution < -0.4 is 10.3 Å². The summed E-state index contributed by atoms with van der Waals surface area (Å²) in [5, 5.41) is 9.04. The summed E-state index contributed by atoms with van der Waals surface area (Å²) in [7, 11) is 0. The molecule has 2 N–H and O–H groups in total. The zero-order valence-corrected chi connectivity index (χ0v) is 11.1. The number of phenolic OH excluding ortho intramolecular Hbond substituents is 1. The smallest absolute Gasteiger partial charge is 0.162 e. The highest BCUT2D eigenvalue weighted by molar-refractivity contribution is 5.57. The van der Waals surface area contributed by atoms with Gasteiger partial charge in [-0.25, -0.2) is 5.48 Å². The SMILES string of the molecule is C1=Cc2ccccc2ON1.Cc1ccc(O)c(C)c1. The minimum absolute atomic E-state index is 0.376. The van der Waals surface area contributed by atoms with E-state index in [2.05, 4.69) is 5.48 Å². The van der Waals surface area contributed by atoms with Crippen molar-refractivity contribution in [1.29, 1.82) is 0 Å². The topological polar surface area (TPSA) is 41.5 Å². The fraction of sp³-hybridized carbons (Fsp3) is 0.125. The van der Waals surface area contributed by atoms with Crippen molar-refractivity contribution in [2.75, 3.05) is 0 Å². The number of fused-ring (bicyclic) bond motifs is 1. The molecule has 0 fully saturated rings. The minimum atomic E-state index is 0.376. The van der Waals surface area contributed by atoms with E-state index in [4.69, 9.17) is 9.94 Å². The Hall–Kier alpha value is -2.42. The fourth-order valence-corrected chi connectivity index (χ4v) is 1.74. The molecule has 0 aromatic heterocycles. The number of aryl methyl sites for hydroxylation is 2. The number of para-hydroxylation sites is 1. The number of aromatic hydroxyl groups is 1. The lowest BCUT2D eigenvalue weighted by molar-refractivity contribution is 0.239. The first-order chi connectivity index (χ1) is 9.16. The molecule has 0 bridgehead atoms. The van der Waals surface area contributed by atoms with E-state index < -0.39 is 0 Å². The molecule has 3 heteroatoms. The summed E-state index contributed by atoms with van der Waals surface area (Å²) in [6, 6.07) is 13.4. The average Bonchev–Trinajstić information content (AvgIpc) is 2.44. The van der Waals surface area contributed by atoms with Crippen molar-refractivity contribution in [2.24, 2.45) is 0 Å².